The number of hydrogen-bond acceptors (Lipinski definition) is 4. The van der Waals surface area contributed by atoms with Gasteiger partial charge >= 0.3 is 0 Å². The molecular formula is C11H23NO4. The van der Waals surface area contributed by atoms with Gasteiger partial charge in [-0.15, -0.1) is 0 Å². The Hall–Kier alpha value is -0.650. The van der Waals surface area contributed by atoms with Gasteiger partial charge in [-0.3, -0.25) is 4.79 Å². The maximum atomic E-state index is 11.4. The van der Waals surface area contributed by atoms with E-state index < -0.39 is 5.60 Å². The monoisotopic (exact) mass is 233 g/mol. The number of nitrogens with one attached hydrogen (secondary N) is 1. The van der Waals surface area contributed by atoms with Crippen LogP contribution in [0.3, 0.4) is 0 Å². The summed E-state index contributed by atoms with van der Waals surface area (Å²) in [4.78, 5) is 11.4. The molecule has 0 aliphatic carbocycles. The molecule has 16 heavy (non-hydrogen) atoms. The molecule has 0 heterocycles. The summed E-state index contributed by atoms with van der Waals surface area (Å²) in [6.07, 6.45) is 2.66. The van der Waals surface area contributed by atoms with Crippen LogP contribution in [0.4, 0.5) is 0 Å². The molecule has 0 aliphatic rings. The first-order valence-electron chi connectivity index (χ1n) is 5.72. The van der Waals surface area contributed by atoms with Crippen LogP contribution < -0.4 is 5.32 Å². The SMILES string of the molecule is CC(O)(CCO)CC(=O)NCCCCCO. The fraction of sp³-hybridized carbons (Fsp3) is 0.909. The number of aliphatic hydroxyl groups excluding tert-OH is 2. The zero-order valence-electron chi connectivity index (χ0n) is 9.91. The quantitative estimate of drug-likeness (QED) is 0.415. The van der Waals surface area contributed by atoms with Gasteiger partial charge in [0.15, 0.2) is 0 Å². The Morgan fingerprint density at radius 3 is 2.44 bits per heavy atom. The maximum Gasteiger partial charge on any atom is 0.222 e. The first-order valence-corrected chi connectivity index (χ1v) is 5.72. The van der Waals surface area contributed by atoms with Crippen molar-refractivity contribution in [2.45, 2.75) is 44.6 Å². The van der Waals surface area contributed by atoms with Gasteiger partial charge in [0, 0.05) is 19.8 Å². The molecule has 0 aromatic rings. The first-order chi connectivity index (χ1) is 7.52. The summed E-state index contributed by atoms with van der Waals surface area (Å²) in [6.45, 7) is 2.15. The summed E-state index contributed by atoms with van der Waals surface area (Å²) < 4.78 is 0. The van der Waals surface area contributed by atoms with Crippen LogP contribution in [0.5, 0.6) is 0 Å². The Labute approximate surface area is 96.5 Å². The third-order valence-electron chi connectivity index (χ3n) is 2.35. The number of aliphatic hydroxyl groups is 3. The van der Waals surface area contributed by atoms with Crippen LogP contribution in [0.1, 0.15) is 39.0 Å². The number of carbonyl (C=O) groups is 1. The van der Waals surface area contributed by atoms with Crippen molar-refractivity contribution in [1.82, 2.24) is 5.32 Å². The highest BCUT2D eigenvalue weighted by Crippen LogP contribution is 2.13. The predicted octanol–water partition coefficient (Wildman–Crippen LogP) is -0.211. The van der Waals surface area contributed by atoms with Gasteiger partial charge in [0.1, 0.15) is 0 Å². The second kappa shape index (κ2) is 8.50. The first kappa shape index (κ1) is 15.3. The Balaban J connectivity index is 3.58. The van der Waals surface area contributed by atoms with Crippen molar-refractivity contribution >= 4 is 5.91 Å². The van der Waals surface area contributed by atoms with E-state index in [1.807, 2.05) is 0 Å². The number of carbonyl (C=O) groups excluding carboxylic acids is 1. The number of hydrogen-bond donors (Lipinski definition) is 4. The second-order valence-corrected chi connectivity index (χ2v) is 4.28. The third kappa shape index (κ3) is 8.64. The van der Waals surface area contributed by atoms with Crippen LogP contribution in [0, 0.1) is 0 Å². The van der Waals surface area contributed by atoms with E-state index in [4.69, 9.17) is 10.2 Å². The summed E-state index contributed by atoms with van der Waals surface area (Å²) in [7, 11) is 0. The molecule has 0 radical (unpaired) electrons. The van der Waals surface area contributed by atoms with E-state index in [1.165, 1.54) is 6.92 Å². The second-order valence-electron chi connectivity index (χ2n) is 4.28. The lowest BCUT2D eigenvalue weighted by Crippen LogP contribution is -2.35. The van der Waals surface area contributed by atoms with Crippen molar-refractivity contribution in [1.29, 1.82) is 0 Å². The molecule has 5 nitrogen and oxygen atoms in total. The van der Waals surface area contributed by atoms with Gasteiger partial charge in [0.2, 0.25) is 5.91 Å². The lowest BCUT2D eigenvalue weighted by atomic mass is 9.98. The number of unbranched alkanes of at least 4 members (excludes halogenated alkanes) is 2. The van der Waals surface area contributed by atoms with Gasteiger partial charge < -0.3 is 20.6 Å². The van der Waals surface area contributed by atoms with E-state index in [1.54, 1.807) is 0 Å². The molecule has 96 valence electrons. The molecule has 0 saturated heterocycles. The van der Waals surface area contributed by atoms with Gasteiger partial charge in [-0.2, -0.15) is 0 Å². The Bertz CT molecular complexity index is 194. The van der Waals surface area contributed by atoms with Crippen LogP contribution in [0.15, 0.2) is 0 Å². The zero-order chi connectivity index (χ0) is 12.4. The van der Waals surface area contributed by atoms with Crippen molar-refractivity contribution in [3.8, 4) is 0 Å². The molecule has 1 atom stereocenters. The lowest BCUT2D eigenvalue weighted by Gasteiger charge is -2.21. The summed E-state index contributed by atoms with van der Waals surface area (Å²) in [5, 5.41) is 29.6. The highest BCUT2D eigenvalue weighted by molar-refractivity contribution is 5.76. The largest absolute Gasteiger partial charge is 0.396 e. The van der Waals surface area contributed by atoms with Crippen LogP contribution in [0.2, 0.25) is 0 Å². The van der Waals surface area contributed by atoms with Gasteiger partial charge in [0.25, 0.3) is 0 Å². The third-order valence-corrected chi connectivity index (χ3v) is 2.35. The Morgan fingerprint density at radius 1 is 1.19 bits per heavy atom. The highest BCUT2D eigenvalue weighted by atomic mass is 16.3. The van der Waals surface area contributed by atoms with E-state index in [2.05, 4.69) is 5.32 Å². The molecule has 0 aliphatic heterocycles. The summed E-state index contributed by atoms with van der Waals surface area (Å²) in [5.74, 6) is -0.206. The van der Waals surface area contributed by atoms with E-state index >= 15 is 0 Å². The molecule has 1 unspecified atom stereocenters. The summed E-state index contributed by atoms with van der Waals surface area (Å²) in [6, 6.07) is 0. The van der Waals surface area contributed by atoms with E-state index in [-0.39, 0.29) is 32.0 Å². The lowest BCUT2D eigenvalue weighted by molar-refractivity contribution is -0.125. The average molecular weight is 233 g/mol. The Morgan fingerprint density at radius 2 is 1.88 bits per heavy atom. The van der Waals surface area contributed by atoms with Crippen molar-refractivity contribution in [2.75, 3.05) is 19.8 Å². The molecule has 0 fully saturated rings. The predicted molar refractivity (Wildman–Crippen MR) is 60.9 cm³/mol. The molecule has 0 bridgehead atoms. The summed E-state index contributed by atoms with van der Waals surface area (Å²) in [5.41, 5.74) is -1.13. The highest BCUT2D eigenvalue weighted by Gasteiger charge is 2.23. The van der Waals surface area contributed by atoms with Gasteiger partial charge in [-0.1, -0.05) is 0 Å². The number of amides is 1. The molecule has 0 aromatic carbocycles. The molecule has 0 rings (SSSR count). The summed E-state index contributed by atoms with van der Waals surface area (Å²) >= 11 is 0. The van der Waals surface area contributed by atoms with Crippen molar-refractivity contribution in [3.05, 3.63) is 0 Å². The maximum absolute atomic E-state index is 11.4. The van der Waals surface area contributed by atoms with Crippen LogP contribution in [-0.4, -0.2) is 46.6 Å². The van der Waals surface area contributed by atoms with E-state index in [0.717, 1.165) is 19.3 Å². The smallest absolute Gasteiger partial charge is 0.222 e. The number of rotatable bonds is 9. The molecule has 0 aromatic heterocycles. The van der Waals surface area contributed by atoms with Crippen LogP contribution in [0.25, 0.3) is 0 Å². The molecule has 0 spiro atoms. The Kier molecular flexibility index (Phi) is 8.15. The molecule has 4 N–H and O–H groups in total. The molecule has 0 saturated carbocycles. The standard InChI is InChI=1S/C11H23NO4/c1-11(16,5-8-14)9-10(15)12-6-3-2-4-7-13/h13-14,16H,2-9H2,1H3,(H,12,15). The fourth-order valence-corrected chi connectivity index (χ4v) is 1.38. The van der Waals surface area contributed by atoms with Gasteiger partial charge in [0.05, 0.1) is 12.0 Å². The van der Waals surface area contributed by atoms with Crippen LogP contribution in [-0.2, 0) is 4.79 Å². The fourth-order valence-electron chi connectivity index (χ4n) is 1.38. The van der Waals surface area contributed by atoms with Crippen molar-refractivity contribution < 1.29 is 20.1 Å². The zero-order valence-corrected chi connectivity index (χ0v) is 9.91. The molecule has 5 heteroatoms. The van der Waals surface area contributed by atoms with Crippen molar-refractivity contribution in [2.24, 2.45) is 0 Å². The minimum Gasteiger partial charge on any atom is -0.396 e. The average Bonchev–Trinajstić information content (AvgIpc) is 2.16. The molecular weight excluding hydrogens is 210 g/mol. The van der Waals surface area contributed by atoms with Crippen molar-refractivity contribution in [3.63, 3.8) is 0 Å². The van der Waals surface area contributed by atoms with Crippen LogP contribution >= 0.6 is 0 Å². The van der Waals surface area contributed by atoms with Gasteiger partial charge in [-0.05, 0) is 32.6 Å². The minimum atomic E-state index is -1.13. The normalized spacial score (nSPS) is 14.5. The van der Waals surface area contributed by atoms with E-state index in [0.29, 0.717) is 6.54 Å². The van der Waals surface area contributed by atoms with Gasteiger partial charge in [-0.25, -0.2) is 0 Å². The van der Waals surface area contributed by atoms with E-state index in [9.17, 15) is 9.90 Å². The molecule has 1 amide bonds. The minimum absolute atomic E-state index is 0.00750. The topological polar surface area (TPSA) is 89.8 Å².